The molecule has 1 heterocycles. The summed E-state index contributed by atoms with van der Waals surface area (Å²) in [5, 5.41) is 0. The molecule has 1 amide bonds. The zero-order chi connectivity index (χ0) is 14.2. The van der Waals surface area contributed by atoms with Crippen molar-refractivity contribution in [1.29, 1.82) is 0 Å². The van der Waals surface area contributed by atoms with Gasteiger partial charge in [-0.25, -0.2) is 8.42 Å². The molecule has 0 aliphatic carbocycles. The van der Waals surface area contributed by atoms with E-state index in [4.69, 9.17) is 11.5 Å². The van der Waals surface area contributed by atoms with Crippen LogP contribution in [0.4, 0.5) is 0 Å². The zero-order valence-electron chi connectivity index (χ0n) is 10.0. The normalized spacial score (nSPS) is 20.6. The largest absolute Gasteiger partial charge is 0.366 e. The summed E-state index contributed by atoms with van der Waals surface area (Å²) in [6, 6.07) is 4.08. The molecule has 0 aromatic heterocycles. The lowest BCUT2D eigenvalue weighted by Crippen LogP contribution is -2.32. The SMILES string of the molecule is NC(=O)c1cc(Br)cc(S(=O)(=O)N2CC[C@H](N)C2)c1. The Balaban J connectivity index is 2.43. The van der Waals surface area contributed by atoms with Gasteiger partial charge in [0.1, 0.15) is 0 Å². The number of nitrogens with two attached hydrogens (primary N) is 2. The number of carbonyl (C=O) groups excluding carboxylic acids is 1. The zero-order valence-corrected chi connectivity index (χ0v) is 12.4. The Morgan fingerprint density at radius 2 is 2.05 bits per heavy atom. The van der Waals surface area contributed by atoms with E-state index in [1.54, 1.807) is 0 Å². The fourth-order valence-corrected chi connectivity index (χ4v) is 4.20. The summed E-state index contributed by atoms with van der Waals surface area (Å²) in [6.45, 7) is 0.683. The van der Waals surface area contributed by atoms with Gasteiger partial charge in [0.05, 0.1) is 4.90 Å². The molecule has 0 unspecified atom stereocenters. The predicted molar refractivity (Wildman–Crippen MR) is 74.0 cm³/mol. The van der Waals surface area contributed by atoms with Gasteiger partial charge in [0.2, 0.25) is 15.9 Å². The molecule has 1 aromatic carbocycles. The average Bonchev–Trinajstić information content (AvgIpc) is 2.75. The summed E-state index contributed by atoms with van der Waals surface area (Å²) in [7, 11) is -3.63. The van der Waals surface area contributed by atoms with Crippen molar-refractivity contribution in [2.75, 3.05) is 13.1 Å². The number of carbonyl (C=O) groups is 1. The highest BCUT2D eigenvalue weighted by molar-refractivity contribution is 9.10. The number of rotatable bonds is 3. The van der Waals surface area contributed by atoms with Crippen LogP contribution in [-0.2, 0) is 10.0 Å². The molecule has 0 radical (unpaired) electrons. The molecule has 104 valence electrons. The fraction of sp³-hybridized carbons (Fsp3) is 0.364. The molecule has 1 aromatic rings. The second-order valence-corrected chi connectivity index (χ2v) is 7.31. The summed E-state index contributed by atoms with van der Waals surface area (Å²) in [4.78, 5) is 11.2. The van der Waals surface area contributed by atoms with E-state index < -0.39 is 15.9 Å². The van der Waals surface area contributed by atoms with Crippen molar-refractivity contribution in [3.63, 3.8) is 0 Å². The maximum Gasteiger partial charge on any atom is 0.248 e. The van der Waals surface area contributed by atoms with Crippen LogP contribution in [0, 0.1) is 0 Å². The first-order valence-corrected chi connectivity index (χ1v) is 7.90. The number of sulfonamides is 1. The van der Waals surface area contributed by atoms with Crippen LogP contribution >= 0.6 is 15.9 Å². The third-order valence-corrected chi connectivity index (χ3v) is 5.28. The van der Waals surface area contributed by atoms with Gasteiger partial charge in [0.15, 0.2) is 0 Å². The quantitative estimate of drug-likeness (QED) is 0.818. The molecule has 8 heteroatoms. The van der Waals surface area contributed by atoms with E-state index in [-0.39, 0.29) is 16.5 Å². The van der Waals surface area contributed by atoms with Gasteiger partial charge in [0, 0.05) is 29.2 Å². The Labute approximate surface area is 119 Å². The summed E-state index contributed by atoms with van der Waals surface area (Å²) < 4.78 is 26.6. The molecule has 1 fully saturated rings. The van der Waals surface area contributed by atoms with E-state index in [1.807, 2.05) is 0 Å². The highest BCUT2D eigenvalue weighted by Crippen LogP contribution is 2.24. The number of amides is 1. The molecule has 0 spiro atoms. The Morgan fingerprint density at radius 3 is 2.58 bits per heavy atom. The fourth-order valence-electron chi connectivity index (χ4n) is 1.98. The Morgan fingerprint density at radius 1 is 1.37 bits per heavy atom. The number of nitrogens with zero attached hydrogens (tertiary/aromatic N) is 1. The number of hydrogen-bond acceptors (Lipinski definition) is 4. The van der Waals surface area contributed by atoms with Crippen molar-refractivity contribution in [2.24, 2.45) is 11.5 Å². The van der Waals surface area contributed by atoms with Crippen molar-refractivity contribution in [2.45, 2.75) is 17.4 Å². The van der Waals surface area contributed by atoms with Crippen LogP contribution in [0.15, 0.2) is 27.6 Å². The van der Waals surface area contributed by atoms with Gasteiger partial charge in [-0.3, -0.25) is 4.79 Å². The topological polar surface area (TPSA) is 106 Å². The minimum atomic E-state index is -3.63. The van der Waals surface area contributed by atoms with Crippen LogP contribution in [0.25, 0.3) is 0 Å². The van der Waals surface area contributed by atoms with Crippen LogP contribution in [0.5, 0.6) is 0 Å². The van der Waals surface area contributed by atoms with Crippen LogP contribution in [0.2, 0.25) is 0 Å². The molecular formula is C11H14BrN3O3S. The smallest absolute Gasteiger partial charge is 0.248 e. The second kappa shape index (κ2) is 5.20. The van der Waals surface area contributed by atoms with E-state index in [1.165, 1.54) is 22.5 Å². The van der Waals surface area contributed by atoms with Gasteiger partial charge in [0.25, 0.3) is 0 Å². The third-order valence-electron chi connectivity index (χ3n) is 2.98. The van der Waals surface area contributed by atoms with Crippen molar-refractivity contribution in [1.82, 2.24) is 4.31 Å². The van der Waals surface area contributed by atoms with Crippen LogP contribution in [-0.4, -0.2) is 37.8 Å². The summed E-state index contributed by atoms with van der Waals surface area (Å²) >= 11 is 3.18. The summed E-state index contributed by atoms with van der Waals surface area (Å²) in [5.41, 5.74) is 11.1. The van der Waals surface area contributed by atoms with Gasteiger partial charge < -0.3 is 11.5 Å². The first-order chi connectivity index (χ1) is 8.80. The van der Waals surface area contributed by atoms with E-state index >= 15 is 0 Å². The van der Waals surface area contributed by atoms with E-state index in [0.717, 1.165) is 0 Å². The lowest BCUT2D eigenvalue weighted by atomic mass is 10.2. The molecule has 1 atom stereocenters. The molecule has 1 saturated heterocycles. The van der Waals surface area contributed by atoms with Gasteiger partial charge >= 0.3 is 0 Å². The van der Waals surface area contributed by atoms with Crippen molar-refractivity contribution >= 4 is 31.9 Å². The van der Waals surface area contributed by atoms with Gasteiger partial charge in [-0.15, -0.1) is 0 Å². The molecule has 1 aliphatic rings. The van der Waals surface area contributed by atoms with Crippen LogP contribution in [0.1, 0.15) is 16.8 Å². The Hall–Kier alpha value is -0.960. The second-order valence-electron chi connectivity index (χ2n) is 4.45. The minimum Gasteiger partial charge on any atom is -0.366 e. The van der Waals surface area contributed by atoms with E-state index in [9.17, 15) is 13.2 Å². The molecule has 6 nitrogen and oxygen atoms in total. The van der Waals surface area contributed by atoms with Crippen molar-refractivity contribution in [3.8, 4) is 0 Å². The molecule has 2 rings (SSSR count). The predicted octanol–water partition coefficient (Wildman–Crippen LogP) is 0.270. The van der Waals surface area contributed by atoms with Crippen LogP contribution < -0.4 is 11.5 Å². The number of halogens is 1. The van der Waals surface area contributed by atoms with Gasteiger partial charge in [-0.05, 0) is 24.6 Å². The molecule has 4 N–H and O–H groups in total. The highest BCUT2D eigenvalue weighted by atomic mass is 79.9. The van der Waals surface area contributed by atoms with Crippen molar-refractivity contribution in [3.05, 3.63) is 28.2 Å². The summed E-state index contributed by atoms with van der Waals surface area (Å²) in [5.74, 6) is -0.670. The van der Waals surface area contributed by atoms with E-state index in [0.29, 0.717) is 24.0 Å². The average molecular weight is 348 g/mol. The van der Waals surface area contributed by atoms with Crippen LogP contribution in [0.3, 0.4) is 0 Å². The molecule has 19 heavy (non-hydrogen) atoms. The van der Waals surface area contributed by atoms with E-state index in [2.05, 4.69) is 15.9 Å². The molecular weight excluding hydrogens is 334 g/mol. The third kappa shape index (κ3) is 2.97. The highest BCUT2D eigenvalue weighted by Gasteiger charge is 2.31. The monoisotopic (exact) mass is 347 g/mol. The molecule has 0 bridgehead atoms. The molecule has 0 saturated carbocycles. The maximum atomic E-state index is 12.4. The minimum absolute atomic E-state index is 0.0461. The first kappa shape index (κ1) is 14.4. The first-order valence-electron chi connectivity index (χ1n) is 5.67. The lowest BCUT2D eigenvalue weighted by Gasteiger charge is -2.16. The van der Waals surface area contributed by atoms with Crippen molar-refractivity contribution < 1.29 is 13.2 Å². The Kier molecular flexibility index (Phi) is 3.95. The molecule has 1 aliphatic heterocycles. The lowest BCUT2D eigenvalue weighted by molar-refractivity contribution is 0.1000. The number of hydrogen-bond donors (Lipinski definition) is 2. The maximum absolute atomic E-state index is 12.4. The summed E-state index contributed by atoms with van der Waals surface area (Å²) in [6.07, 6.45) is 0.635. The number of benzene rings is 1. The Bertz CT molecular complexity index is 618. The van der Waals surface area contributed by atoms with Gasteiger partial charge in [-0.2, -0.15) is 4.31 Å². The van der Waals surface area contributed by atoms with Gasteiger partial charge in [-0.1, -0.05) is 15.9 Å². The standard InChI is InChI=1S/C11H14BrN3O3S/c12-8-3-7(11(14)16)4-10(5-8)19(17,18)15-2-1-9(13)6-15/h3-5,9H,1-2,6,13H2,(H2,14,16)/t9-/m0/s1. The number of primary amides is 1.